The molecule has 4 rings (SSSR count). The average Bonchev–Trinajstić information content (AvgIpc) is 3.30. The predicted octanol–water partition coefficient (Wildman–Crippen LogP) is 4.62. The molecule has 2 saturated carbocycles. The third kappa shape index (κ3) is 5.91. The predicted molar refractivity (Wildman–Crippen MR) is 128 cm³/mol. The Balaban J connectivity index is 1.18. The number of hydrogen-bond acceptors (Lipinski definition) is 3. The normalized spacial score (nSPS) is 29.3. The van der Waals surface area contributed by atoms with Crippen molar-refractivity contribution in [2.24, 2.45) is 23.2 Å². The zero-order valence-electron chi connectivity index (χ0n) is 20.2. The summed E-state index contributed by atoms with van der Waals surface area (Å²) in [6, 6.07) is 2.12. The monoisotopic (exact) mass is 495 g/mol. The number of nitrogens with one attached hydrogen (secondary N) is 1. The molecular formula is C26H36ClF2N3O2. The van der Waals surface area contributed by atoms with E-state index in [2.05, 4.69) is 24.1 Å². The number of fused-ring (bicyclic) bond motifs is 1. The van der Waals surface area contributed by atoms with E-state index in [0.29, 0.717) is 44.7 Å². The van der Waals surface area contributed by atoms with Crippen LogP contribution in [0.4, 0.5) is 8.78 Å². The van der Waals surface area contributed by atoms with Crippen LogP contribution >= 0.6 is 11.6 Å². The van der Waals surface area contributed by atoms with E-state index < -0.39 is 11.6 Å². The zero-order valence-corrected chi connectivity index (χ0v) is 21.0. The fourth-order valence-corrected chi connectivity index (χ4v) is 6.69. The molecule has 188 valence electrons. The molecule has 34 heavy (non-hydrogen) atoms. The molecule has 0 bridgehead atoms. The Labute approximate surface area is 206 Å². The van der Waals surface area contributed by atoms with Crippen molar-refractivity contribution in [3.63, 3.8) is 0 Å². The molecule has 0 radical (unpaired) electrons. The Morgan fingerprint density at radius 2 is 1.71 bits per heavy atom. The third-order valence-corrected chi connectivity index (χ3v) is 8.61. The second-order valence-corrected chi connectivity index (χ2v) is 11.4. The summed E-state index contributed by atoms with van der Waals surface area (Å²) >= 11 is 6.04. The Bertz CT molecular complexity index is 906. The molecule has 3 aliphatic rings. The molecule has 8 heteroatoms. The van der Waals surface area contributed by atoms with Crippen molar-refractivity contribution in [3.8, 4) is 0 Å². The van der Waals surface area contributed by atoms with Crippen LogP contribution in [0, 0.1) is 34.8 Å². The Hall–Kier alpha value is -1.73. The first-order valence-corrected chi connectivity index (χ1v) is 12.9. The highest BCUT2D eigenvalue weighted by molar-refractivity contribution is 6.31. The standard InChI is InChI=1S/C26H36ClF2N3O2/c1-3-17-8-18-12-26(2,13-19(18)9-17)14-24(33)30-15-25(34)32-6-4-31(5-7-32)16-20-10-22(28)23(29)11-21(20)27/h10-11,17-19H,3-9,12-16H2,1-2H3,(H,30,33). The minimum Gasteiger partial charge on any atom is -0.347 e. The van der Waals surface area contributed by atoms with Gasteiger partial charge in [-0.1, -0.05) is 31.9 Å². The summed E-state index contributed by atoms with van der Waals surface area (Å²) in [6.07, 6.45) is 6.63. The number of amides is 2. The molecule has 1 aromatic rings. The third-order valence-electron chi connectivity index (χ3n) is 8.26. The van der Waals surface area contributed by atoms with Crippen molar-refractivity contribution >= 4 is 23.4 Å². The molecule has 1 N–H and O–H groups in total. The number of carbonyl (C=O) groups is 2. The minimum atomic E-state index is -0.957. The maximum absolute atomic E-state index is 13.5. The van der Waals surface area contributed by atoms with Crippen LogP contribution in [0.3, 0.4) is 0 Å². The van der Waals surface area contributed by atoms with Crippen LogP contribution in [0.5, 0.6) is 0 Å². The van der Waals surface area contributed by atoms with Gasteiger partial charge in [0.1, 0.15) is 0 Å². The number of nitrogens with zero attached hydrogens (tertiary/aromatic N) is 2. The van der Waals surface area contributed by atoms with Gasteiger partial charge in [-0.3, -0.25) is 14.5 Å². The molecule has 2 atom stereocenters. The van der Waals surface area contributed by atoms with E-state index in [1.165, 1.54) is 19.3 Å². The van der Waals surface area contributed by atoms with Crippen molar-refractivity contribution in [1.82, 2.24) is 15.1 Å². The molecule has 1 aliphatic heterocycles. The lowest BCUT2D eigenvalue weighted by atomic mass is 9.81. The van der Waals surface area contributed by atoms with Crippen LogP contribution in [-0.4, -0.2) is 54.3 Å². The molecule has 2 aliphatic carbocycles. The van der Waals surface area contributed by atoms with Gasteiger partial charge in [-0.05, 0) is 66.5 Å². The van der Waals surface area contributed by atoms with Crippen LogP contribution in [0.15, 0.2) is 12.1 Å². The van der Waals surface area contributed by atoms with Crippen LogP contribution in [-0.2, 0) is 16.1 Å². The molecule has 3 fully saturated rings. The minimum absolute atomic E-state index is 0.0225. The van der Waals surface area contributed by atoms with Crippen molar-refractivity contribution in [2.45, 2.75) is 58.9 Å². The number of hydrogen-bond donors (Lipinski definition) is 1. The molecule has 0 spiro atoms. The van der Waals surface area contributed by atoms with Crippen LogP contribution < -0.4 is 5.32 Å². The van der Waals surface area contributed by atoms with E-state index in [-0.39, 0.29) is 28.8 Å². The van der Waals surface area contributed by atoms with Gasteiger partial charge in [-0.15, -0.1) is 0 Å². The summed E-state index contributed by atoms with van der Waals surface area (Å²) in [6.45, 7) is 7.18. The van der Waals surface area contributed by atoms with E-state index in [1.54, 1.807) is 4.90 Å². The number of halogens is 3. The summed E-state index contributed by atoms with van der Waals surface area (Å²) in [5.41, 5.74) is 0.579. The number of piperazine rings is 1. The van der Waals surface area contributed by atoms with E-state index in [1.807, 2.05) is 0 Å². The van der Waals surface area contributed by atoms with Gasteiger partial charge in [0.15, 0.2) is 11.6 Å². The molecule has 5 nitrogen and oxygen atoms in total. The van der Waals surface area contributed by atoms with Crippen LogP contribution in [0.2, 0.25) is 5.02 Å². The molecule has 1 saturated heterocycles. The number of rotatable bonds is 7. The SMILES string of the molecule is CCC1CC2CC(C)(CC(=O)NCC(=O)N3CCN(Cc4cc(F)c(F)cc4Cl)CC3)CC2C1. The van der Waals surface area contributed by atoms with E-state index in [9.17, 15) is 18.4 Å². The molecule has 0 aromatic heterocycles. The average molecular weight is 496 g/mol. The first-order valence-electron chi connectivity index (χ1n) is 12.6. The fraction of sp³-hybridized carbons (Fsp3) is 0.692. The van der Waals surface area contributed by atoms with Crippen LogP contribution in [0.25, 0.3) is 0 Å². The lowest BCUT2D eigenvalue weighted by Gasteiger charge is -2.35. The molecule has 1 heterocycles. The van der Waals surface area contributed by atoms with Gasteiger partial charge in [0, 0.05) is 44.2 Å². The molecule has 2 amide bonds. The van der Waals surface area contributed by atoms with Crippen molar-refractivity contribution in [2.75, 3.05) is 32.7 Å². The fourth-order valence-electron chi connectivity index (χ4n) is 6.48. The Kier molecular flexibility index (Phi) is 7.82. The van der Waals surface area contributed by atoms with E-state index in [4.69, 9.17) is 11.6 Å². The van der Waals surface area contributed by atoms with Crippen molar-refractivity contribution in [3.05, 3.63) is 34.4 Å². The van der Waals surface area contributed by atoms with Crippen LogP contribution in [0.1, 0.15) is 57.9 Å². The summed E-state index contributed by atoms with van der Waals surface area (Å²) in [5.74, 6) is 0.404. The highest BCUT2D eigenvalue weighted by Gasteiger charge is 2.47. The highest BCUT2D eigenvalue weighted by atomic mass is 35.5. The van der Waals surface area contributed by atoms with Gasteiger partial charge in [-0.2, -0.15) is 0 Å². The quantitative estimate of drug-likeness (QED) is 0.561. The lowest BCUT2D eigenvalue weighted by Crippen LogP contribution is -2.51. The summed E-state index contributed by atoms with van der Waals surface area (Å²) in [4.78, 5) is 29.0. The molecule has 2 unspecified atom stereocenters. The second kappa shape index (κ2) is 10.5. The second-order valence-electron chi connectivity index (χ2n) is 11.0. The van der Waals surface area contributed by atoms with Crippen molar-refractivity contribution in [1.29, 1.82) is 0 Å². The summed E-state index contributed by atoms with van der Waals surface area (Å²) < 4.78 is 26.8. The van der Waals surface area contributed by atoms with Gasteiger partial charge in [0.2, 0.25) is 11.8 Å². The first-order chi connectivity index (χ1) is 16.2. The highest BCUT2D eigenvalue weighted by Crippen LogP contribution is 2.56. The lowest BCUT2D eigenvalue weighted by molar-refractivity contribution is -0.134. The number of carbonyl (C=O) groups excluding carboxylic acids is 2. The maximum atomic E-state index is 13.5. The number of benzene rings is 1. The Morgan fingerprint density at radius 3 is 2.32 bits per heavy atom. The van der Waals surface area contributed by atoms with E-state index in [0.717, 1.165) is 42.7 Å². The molecule has 1 aromatic carbocycles. The topological polar surface area (TPSA) is 52.7 Å². The zero-order chi connectivity index (χ0) is 24.5. The maximum Gasteiger partial charge on any atom is 0.242 e. The smallest absolute Gasteiger partial charge is 0.242 e. The van der Waals surface area contributed by atoms with Gasteiger partial charge < -0.3 is 10.2 Å². The van der Waals surface area contributed by atoms with E-state index >= 15 is 0 Å². The largest absolute Gasteiger partial charge is 0.347 e. The summed E-state index contributed by atoms with van der Waals surface area (Å²) in [5, 5.41) is 3.05. The Morgan fingerprint density at radius 1 is 1.09 bits per heavy atom. The molecular weight excluding hydrogens is 460 g/mol. The van der Waals surface area contributed by atoms with Gasteiger partial charge in [-0.25, -0.2) is 8.78 Å². The van der Waals surface area contributed by atoms with Gasteiger partial charge in [0.25, 0.3) is 0 Å². The first kappa shape index (κ1) is 25.4. The van der Waals surface area contributed by atoms with Gasteiger partial charge in [0.05, 0.1) is 6.54 Å². The summed E-state index contributed by atoms with van der Waals surface area (Å²) in [7, 11) is 0. The van der Waals surface area contributed by atoms with Crippen molar-refractivity contribution < 1.29 is 18.4 Å². The van der Waals surface area contributed by atoms with Gasteiger partial charge >= 0.3 is 0 Å².